The van der Waals surface area contributed by atoms with Crippen LogP contribution in [0.4, 0.5) is 10.1 Å². The zero-order valence-electron chi connectivity index (χ0n) is 9.81. The molecule has 0 aliphatic heterocycles. The van der Waals surface area contributed by atoms with Crippen LogP contribution in [-0.4, -0.2) is 5.11 Å². The first-order valence-electron chi connectivity index (χ1n) is 5.51. The van der Waals surface area contributed by atoms with E-state index in [0.29, 0.717) is 5.11 Å². The van der Waals surface area contributed by atoms with Gasteiger partial charge in [0.05, 0.1) is 12.3 Å². The molecule has 1 aromatic carbocycles. The van der Waals surface area contributed by atoms with E-state index in [1.165, 1.54) is 12.1 Å². The topological polar surface area (TPSA) is 37.2 Å². The fraction of sp³-hybridized carbons (Fsp3) is 0.154. The number of benzene rings is 1. The van der Waals surface area contributed by atoms with Gasteiger partial charge in [-0.3, -0.25) is 0 Å². The van der Waals surface area contributed by atoms with Crippen molar-refractivity contribution in [3.8, 4) is 0 Å². The lowest BCUT2D eigenvalue weighted by Gasteiger charge is -2.15. The number of thiocarbonyl (C=S) groups is 1. The van der Waals surface area contributed by atoms with Gasteiger partial charge in [0.1, 0.15) is 11.6 Å². The third-order valence-corrected chi connectivity index (χ3v) is 2.64. The predicted octanol–water partition coefficient (Wildman–Crippen LogP) is 3.47. The van der Waals surface area contributed by atoms with Crippen molar-refractivity contribution in [2.45, 2.75) is 13.0 Å². The molecule has 1 aromatic heterocycles. The first kappa shape index (κ1) is 12.6. The normalized spacial score (nSPS) is 11.9. The molecule has 0 radical (unpaired) electrons. The van der Waals surface area contributed by atoms with Gasteiger partial charge in [-0.25, -0.2) is 4.39 Å². The Morgan fingerprint density at radius 3 is 2.61 bits per heavy atom. The zero-order valence-corrected chi connectivity index (χ0v) is 10.6. The molecular formula is C13H13FN2OS. The molecule has 2 rings (SSSR count). The van der Waals surface area contributed by atoms with Gasteiger partial charge in [0.2, 0.25) is 0 Å². The van der Waals surface area contributed by atoms with Crippen molar-refractivity contribution >= 4 is 23.0 Å². The number of hydrogen-bond donors (Lipinski definition) is 2. The summed E-state index contributed by atoms with van der Waals surface area (Å²) in [5, 5.41) is 6.52. The molecule has 1 heterocycles. The highest BCUT2D eigenvalue weighted by atomic mass is 32.1. The standard InChI is InChI=1S/C13H13FN2OS/c1-9(12-3-2-8-17-12)15-13(18)16-11-6-4-10(14)5-7-11/h2-9H,1H3,(H2,15,16,18)/t9-/m0/s1. The van der Waals surface area contributed by atoms with Crippen LogP contribution in [-0.2, 0) is 0 Å². The SMILES string of the molecule is C[C@H](NC(=S)Nc1ccc(F)cc1)c1ccco1. The molecule has 0 amide bonds. The lowest BCUT2D eigenvalue weighted by Crippen LogP contribution is -2.30. The van der Waals surface area contributed by atoms with Gasteiger partial charge in [0.25, 0.3) is 0 Å². The lowest BCUT2D eigenvalue weighted by atomic mass is 10.2. The van der Waals surface area contributed by atoms with Gasteiger partial charge in [-0.15, -0.1) is 0 Å². The number of anilines is 1. The van der Waals surface area contributed by atoms with Gasteiger partial charge in [-0.1, -0.05) is 0 Å². The fourth-order valence-electron chi connectivity index (χ4n) is 1.51. The van der Waals surface area contributed by atoms with E-state index in [-0.39, 0.29) is 11.9 Å². The number of rotatable bonds is 3. The molecule has 0 fully saturated rings. The van der Waals surface area contributed by atoms with Crippen LogP contribution in [0.15, 0.2) is 47.1 Å². The van der Waals surface area contributed by atoms with Crippen LogP contribution in [0, 0.1) is 5.82 Å². The predicted molar refractivity (Wildman–Crippen MR) is 72.9 cm³/mol. The fourth-order valence-corrected chi connectivity index (χ4v) is 1.80. The molecule has 2 N–H and O–H groups in total. The quantitative estimate of drug-likeness (QED) is 0.832. The minimum atomic E-state index is -0.275. The summed E-state index contributed by atoms with van der Waals surface area (Å²) >= 11 is 5.16. The second-order valence-electron chi connectivity index (χ2n) is 3.84. The molecule has 18 heavy (non-hydrogen) atoms. The maximum absolute atomic E-state index is 12.7. The molecular weight excluding hydrogens is 251 g/mol. The second kappa shape index (κ2) is 5.64. The summed E-state index contributed by atoms with van der Waals surface area (Å²) in [5.74, 6) is 0.529. The second-order valence-corrected chi connectivity index (χ2v) is 4.25. The third kappa shape index (κ3) is 3.30. The smallest absolute Gasteiger partial charge is 0.171 e. The summed E-state index contributed by atoms with van der Waals surface area (Å²) in [4.78, 5) is 0. The Morgan fingerprint density at radius 2 is 2.00 bits per heavy atom. The maximum Gasteiger partial charge on any atom is 0.171 e. The van der Waals surface area contributed by atoms with Crippen molar-refractivity contribution in [1.82, 2.24) is 5.32 Å². The van der Waals surface area contributed by atoms with E-state index in [4.69, 9.17) is 16.6 Å². The number of halogens is 1. The summed E-state index contributed by atoms with van der Waals surface area (Å²) in [6.45, 7) is 1.94. The maximum atomic E-state index is 12.7. The van der Waals surface area contributed by atoms with Crippen molar-refractivity contribution in [3.05, 3.63) is 54.2 Å². The minimum Gasteiger partial charge on any atom is -0.467 e. The van der Waals surface area contributed by atoms with Crippen molar-refractivity contribution in [2.75, 3.05) is 5.32 Å². The molecule has 0 unspecified atom stereocenters. The van der Waals surface area contributed by atoms with Gasteiger partial charge < -0.3 is 15.1 Å². The Morgan fingerprint density at radius 1 is 1.28 bits per heavy atom. The van der Waals surface area contributed by atoms with Gasteiger partial charge in [0, 0.05) is 5.69 Å². The molecule has 0 aliphatic rings. The summed E-state index contributed by atoms with van der Waals surface area (Å²) in [7, 11) is 0. The van der Waals surface area contributed by atoms with Crippen molar-refractivity contribution < 1.29 is 8.81 Å². The Kier molecular flexibility index (Phi) is 3.94. The Hall–Kier alpha value is -1.88. The van der Waals surface area contributed by atoms with Crippen LogP contribution in [0.1, 0.15) is 18.7 Å². The number of hydrogen-bond acceptors (Lipinski definition) is 2. The molecule has 0 bridgehead atoms. The van der Waals surface area contributed by atoms with Crippen LogP contribution >= 0.6 is 12.2 Å². The minimum absolute atomic E-state index is 0.0274. The van der Waals surface area contributed by atoms with Gasteiger partial charge >= 0.3 is 0 Å². The Balaban J connectivity index is 1.91. The van der Waals surface area contributed by atoms with E-state index < -0.39 is 0 Å². The zero-order chi connectivity index (χ0) is 13.0. The molecule has 94 valence electrons. The van der Waals surface area contributed by atoms with Crippen LogP contribution in [0.5, 0.6) is 0 Å². The first-order chi connectivity index (χ1) is 8.65. The molecule has 0 saturated carbocycles. The van der Waals surface area contributed by atoms with Crippen molar-refractivity contribution in [3.63, 3.8) is 0 Å². The highest BCUT2D eigenvalue weighted by molar-refractivity contribution is 7.80. The van der Waals surface area contributed by atoms with Gasteiger partial charge in [0.15, 0.2) is 5.11 Å². The summed E-state index contributed by atoms with van der Waals surface area (Å²) < 4.78 is 18.0. The molecule has 2 aromatic rings. The van der Waals surface area contributed by atoms with E-state index in [0.717, 1.165) is 11.4 Å². The molecule has 5 heteroatoms. The largest absolute Gasteiger partial charge is 0.467 e. The molecule has 0 aliphatic carbocycles. The molecule has 3 nitrogen and oxygen atoms in total. The van der Waals surface area contributed by atoms with E-state index >= 15 is 0 Å². The summed E-state index contributed by atoms with van der Waals surface area (Å²) in [5.41, 5.74) is 0.737. The highest BCUT2D eigenvalue weighted by Crippen LogP contribution is 2.13. The number of furan rings is 1. The van der Waals surface area contributed by atoms with Crippen LogP contribution < -0.4 is 10.6 Å². The average Bonchev–Trinajstić information content (AvgIpc) is 2.85. The van der Waals surface area contributed by atoms with Crippen molar-refractivity contribution in [1.29, 1.82) is 0 Å². The highest BCUT2D eigenvalue weighted by Gasteiger charge is 2.09. The van der Waals surface area contributed by atoms with E-state index in [1.54, 1.807) is 18.4 Å². The monoisotopic (exact) mass is 264 g/mol. The van der Waals surface area contributed by atoms with Gasteiger partial charge in [-0.2, -0.15) is 0 Å². The molecule has 0 spiro atoms. The van der Waals surface area contributed by atoms with Crippen LogP contribution in [0.3, 0.4) is 0 Å². The van der Waals surface area contributed by atoms with Crippen molar-refractivity contribution in [2.24, 2.45) is 0 Å². The van der Waals surface area contributed by atoms with E-state index in [2.05, 4.69) is 10.6 Å². The molecule has 0 saturated heterocycles. The third-order valence-electron chi connectivity index (χ3n) is 2.42. The van der Waals surface area contributed by atoms with Crippen LogP contribution in [0.25, 0.3) is 0 Å². The number of nitrogens with one attached hydrogen (secondary N) is 2. The van der Waals surface area contributed by atoms with Gasteiger partial charge in [-0.05, 0) is 55.5 Å². The van der Waals surface area contributed by atoms with E-state index in [9.17, 15) is 4.39 Å². The van der Waals surface area contributed by atoms with E-state index in [1.807, 2.05) is 19.1 Å². The Labute approximate surface area is 110 Å². The molecule has 1 atom stereocenters. The average molecular weight is 264 g/mol. The summed E-state index contributed by atoms with van der Waals surface area (Å²) in [6, 6.07) is 9.67. The summed E-state index contributed by atoms with van der Waals surface area (Å²) in [6.07, 6.45) is 1.62. The lowest BCUT2D eigenvalue weighted by molar-refractivity contribution is 0.464. The Bertz CT molecular complexity index is 510. The van der Waals surface area contributed by atoms with Crippen LogP contribution in [0.2, 0.25) is 0 Å². The first-order valence-corrected chi connectivity index (χ1v) is 5.92.